The molecular formula is C23H32N4O. The molecule has 1 aliphatic heterocycles. The summed E-state index contributed by atoms with van der Waals surface area (Å²) in [6.07, 6.45) is 2.40. The Morgan fingerprint density at radius 3 is 2.57 bits per heavy atom. The molecule has 1 aliphatic rings. The lowest BCUT2D eigenvalue weighted by atomic mass is 9.98. The van der Waals surface area contributed by atoms with Crippen molar-refractivity contribution in [3.8, 4) is 0 Å². The predicted octanol–water partition coefficient (Wildman–Crippen LogP) is 4.13. The molecule has 0 bridgehead atoms. The fourth-order valence-electron chi connectivity index (χ4n) is 3.96. The van der Waals surface area contributed by atoms with Crippen molar-refractivity contribution in [3.63, 3.8) is 0 Å². The van der Waals surface area contributed by atoms with Crippen molar-refractivity contribution < 1.29 is 4.79 Å². The van der Waals surface area contributed by atoms with Gasteiger partial charge in [-0.25, -0.2) is 4.79 Å². The summed E-state index contributed by atoms with van der Waals surface area (Å²) in [4.78, 5) is 19.1. The van der Waals surface area contributed by atoms with E-state index >= 15 is 0 Å². The van der Waals surface area contributed by atoms with E-state index in [-0.39, 0.29) is 6.03 Å². The molecule has 0 aromatic heterocycles. The van der Waals surface area contributed by atoms with Crippen LogP contribution in [0.3, 0.4) is 0 Å². The molecule has 1 unspecified atom stereocenters. The zero-order valence-electron chi connectivity index (χ0n) is 17.3. The molecule has 1 atom stereocenters. The van der Waals surface area contributed by atoms with Crippen LogP contribution in [0.15, 0.2) is 54.6 Å². The first-order valence-electron chi connectivity index (χ1n) is 10.1. The highest BCUT2D eigenvalue weighted by molar-refractivity contribution is 5.93. The van der Waals surface area contributed by atoms with Crippen molar-refractivity contribution in [2.45, 2.75) is 19.4 Å². The lowest BCUT2D eigenvalue weighted by molar-refractivity contribution is 0.170. The van der Waals surface area contributed by atoms with Crippen molar-refractivity contribution >= 4 is 17.4 Å². The zero-order valence-corrected chi connectivity index (χ0v) is 17.3. The standard InChI is InChI=1S/C23H32N4O/c1-25-15-9-12-20(16-25)18-27(3)23(28)24-21-13-7-8-14-22(21)26(2)17-19-10-5-4-6-11-19/h4-8,10-11,13-14,20H,9,12,15-18H2,1-3H3,(H,24,28). The summed E-state index contributed by atoms with van der Waals surface area (Å²) in [6.45, 7) is 3.80. The molecule has 1 N–H and O–H groups in total. The molecule has 1 heterocycles. The number of likely N-dealkylation sites (tertiary alicyclic amines) is 1. The number of benzene rings is 2. The van der Waals surface area contributed by atoms with Crippen molar-refractivity contribution in [2.24, 2.45) is 5.92 Å². The number of carbonyl (C=O) groups is 1. The number of nitrogens with zero attached hydrogens (tertiary/aromatic N) is 3. The Morgan fingerprint density at radius 2 is 1.82 bits per heavy atom. The molecule has 2 amide bonds. The number of anilines is 2. The summed E-state index contributed by atoms with van der Waals surface area (Å²) in [5.41, 5.74) is 3.11. The van der Waals surface area contributed by atoms with E-state index in [1.54, 1.807) is 0 Å². The summed E-state index contributed by atoms with van der Waals surface area (Å²) in [5.74, 6) is 0.547. The monoisotopic (exact) mass is 380 g/mol. The van der Waals surface area contributed by atoms with E-state index in [9.17, 15) is 4.79 Å². The molecule has 3 rings (SSSR count). The lowest BCUT2D eigenvalue weighted by Gasteiger charge is -2.32. The largest absolute Gasteiger partial charge is 0.369 e. The van der Waals surface area contributed by atoms with Gasteiger partial charge >= 0.3 is 6.03 Å². The fourth-order valence-corrected chi connectivity index (χ4v) is 3.96. The Kier molecular flexibility index (Phi) is 6.93. The highest BCUT2D eigenvalue weighted by Crippen LogP contribution is 2.26. The van der Waals surface area contributed by atoms with Crippen LogP contribution in [0.4, 0.5) is 16.2 Å². The number of hydrogen-bond donors (Lipinski definition) is 1. The number of amides is 2. The number of piperidine rings is 1. The Hall–Kier alpha value is -2.53. The SMILES string of the molecule is CN1CCCC(CN(C)C(=O)Nc2ccccc2N(C)Cc2ccccc2)C1. The third-order valence-corrected chi connectivity index (χ3v) is 5.42. The van der Waals surface area contributed by atoms with Crippen LogP contribution in [0, 0.1) is 5.92 Å². The van der Waals surface area contributed by atoms with Gasteiger partial charge in [-0.05, 0) is 50.0 Å². The Bertz CT molecular complexity index is 764. The molecule has 28 heavy (non-hydrogen) atoms. The minimum absolute atomic E-state index is 0.0474. The molecule has 150 valence electrons. The second-order valence-electron chi connectivity index (χ2n) is 7.94. The van der Waals surface area contributed by atoms with E-state index in [1.165, 1.54) is 18.4 Å². The maximum Gasteiger partial charge on any atom is 0.321 e. The Balaban J connectivity index is 1.62. The lowest BCUT2D eigenvalue weighted by Crippen LogP contribution is -2.41. The molecular weight excluding hydrogens is 348 g/mol. The van der Waals surface area contributed by atoms with Crippen molar-refractivity contribution in [1.82, 2.24) is 9.80 Å². The summed E-state index contributed by atoms with van der Waals surface area (Å²) in [5, 5.41) is 3.11. The predicted molar refractivity (Wildman–Crippen MR) is 117 cm³/mol. The van der Waals surface area contributed by atoms with E-state index in [1.807, 2.05) is 36.2 Å². The Labute approximate surface area is 168 Å². The summed E-state index contributed by atoms with van der Waals surface area (Å²) in [6, 6.07) is 18.3. The maximum atomic E-state index is 12.8. The van der Waals surface area contributed by atoms with Gasteiger partial charge in [0.1, 0.15) is 0 Å². The van der Waals surface area contributed by atoms with Crippen LogP contribution in [0.1, 0.15) is 18.4 Å². The zero-order chi connectivity index (χ0) is 19.9. The van der Waals surface area contributed by atoms with Crippen LogP contribution in [-0.2, 0) is 6.54 Å². The second kappa shape index (κ2) is 9.60. The number of carbonyl (C=O) groups excluding carboxylic acids is 1. The van der Waals surface area contributed by atoms with Gasteiger partial charge in [-0.15, -0.1) is 0 Å². The minimum Gasteiger partial charge on any atom is -0.369 e. The molecule has 5 heteroatoms. The molecule has 0 spiro atoms. The number of urea groups is 1. The minimum atomic E-state index is -0.0474. The number of rotatable bonds is 6. The molecule has 1 saturated heterocycles. The van der Waals surface area contributed by atoms with Gasteiger partial charge in [-0.3, -0.25) is 0 Å². The highest BCUT2D eigenvalue weighted by atomic mass is 16.2. The van der Waals surface area contributed by atoms with Crippen LogP contribution < -0.4 is 10.2 Å². The first kappa shape index (κ1) is 20.2. The van der Waals surface area contributed by atoms with Gasteiger partial charge in [0.15, 0.2) is 0 Å². The molecule has 1 fully saturated rings. The maximum absolute atomic E-state index is 12.8. The first-order chi connectivity index (χ1) is 13.5. The normalized spacial score (nSPS) is 17.2. The number of para-hydroxylation sites is 2. The van der Waals surface area contributed by atoms with Gasteiger partial charge in [0.2, 0.25) is 0 Å². The summed E-state index contributed by atoms with van der Waals surface area (Å²) < 4.78 is 0. The average Bonchev–Trinajstić information content (AvgIpc) is 2.69. The molecule has 2 aromatic rings. The molecule has 0 saturated carbocycles. The van der Waals surface area contributed by atoms with Crippen molar-refractivity contribution in [1.29, 1.82) is 0 Å². The number of hydrogen-bond acceptors (Lipinski definition) is 3. The number of nitrogens with one attached hydrogen (secondary N) is 1. The van der Waals surface area contributed by atoms with Crippen LogP contribution in [0.2, 0.25) is 0 Å². The van der Waals surface area contributed by atoms with E-state index < -0.39 is 0 Å². The average molecular weight is 381 g/mol. The smallest absolute Gasteiger partial charge is 0.321 e. The molecule has 2 aromatic carbocycles. The quantitative estimate of drug-likeness (QED) is 0.819. The molecule has 0 radical (unpaired) electrons. The highest BCUT2D eigenvalue weighted by Gasteiger charge is 2.21. The first-order valence-corrected chi connectivity index (χ1v) is 10.1. The van der Waals surface area contributed by atoms with Gasteiger partial charge in [0.25, 0.3) is 0 Å². The van der Waals surface area contributed by atoms with Gasteiger partial charge in [0.05, 0.1) is 11.4 Å². The van der Waals surface area contributed by atoms with Gasteiger partial charge in [-0.2, -0.15) is 0 Å². The van der Waals surface area contributed by atoms with Gasteiger partial charge in [-0.1, -0.05) is 42.5 Å². The van der Waals surface area contributed by atoms with E-state index in [0.717, 1.165) is 37.6 Å². The third-order valence-electron chi connectivity index (χ3n) is 5.42. The van der Waals surface area contributed by atoms with E-state index in [2.05, 4.69) is 59.5 Å². The van der Waals surface area contributed by atoms with Crippen LogP contribution in [0.5, 0.6) is 0 Å². The molecule has 5 nitrogen and oxygen atoms in total. The topological polar surface area (TPSA) is 38.8 Å². The van der Waals surface area contributed by atoms with Crippen molar-refractivity contribution in [2.75, 3.05) is 51.0 Å². The summed E-state index contributed by atoms with van der Waals surface area (Å²) >= 11 is 0. The van der Waals surface area contributed by atoms with Gasteiger partial charge < -0.3 is 20.0 Å². The van der Waals surface area contributed by atoms with Crippen molar-refractivity contribution in [3.05, 3.63) is 60.2 Å². The van der Waals surface area contributed by atoms with E-state index in [0.29, 0.717) is 5.92 Å². The van der Waals surface area contributed by atoms with Crippen LogP contribution >= 0.6 is 0 Å². The van der Waals surface area contributed by atoms with E-state index in [4.69, 9.17) is 0 Å². The summed E-state index contributed by atoms with van der Waals surface area (Å²) in [7, 11) is 6.10. The third kappa shape index (κ3) is 5.49. The van der Waals surface area contributed by atoms with Gasteiger partial charge in [0, 0.05) is 33.7 Å². The van der Waals surface area contributed by atoms with Crippen LogP contribution in [-0.4, -0.2) is 56.6 Å². The molecule has 0 aliphatic carbocycles. The Morgan fingerprint density at radius 1 is 1.11 bits per heavy atom. The fraction of sp³-hybridized carbons (Fsp3) is 0.435. The van der Waals surface area contributed by atoms with Crippen LogP contribution in [0.25, 0.3) is 0 Å². The second-order valence-corrected chi connectivity index (χ2v) is 7.94.